The number of fused-ring (bicyclic) bond motifs is 1. The number of aromatic amines is 1. The molecule has 2 atom stereocenters. The summed E-state index contributed by atoms with van der Waals surface area (Å²) in [5.41, 5.74) is 1.70. The molecule has 2 N–H and O–H groups in total. The first-order valence-electron chi connectivity index (χ1n) is 7.19. The molecule has 114 valence electrons. The predicted octanol–water partition coefficient (Wildman–Crippen LogP) is 1.20. The van der Waals surface area contributed by atoms with Crippen LogP contribution in [0.5, 0.6) is 0 Å². The molecule has 0 aliphatic carbocycles. The van der Waals surface area contributed by atoms with Crippen LogP contribution in [0, 0.1) is 5.92 Å². The average Bonchev–Trinajstić information content (AvgIpc) is 2.85. The molecule has 0 bridgehead atoms. The van der Waals surface area contributed by atoms with Crippen LogP contribution in [0.15, 0.2) is 18.3 Å². The summed E-state index contributed by atoms with van der Waals surface area (Å²) in [5, 5.41) is 2.72. The van der Waals surface area contributed by atoms with Crippen LogP contribution in [0.1, 0.15) is 19.2 Å². The van der Waals surface area contributed by atoms with Gasteiger partial charge in [0.15, 0.2) is 5.65 Å². The highest BCUT2D eigenvalue weighted by Gasteiger charge is 2.22. The fraction of sp³-hybridized carbons (Fsp3) is 0.533. The normalized spacial score (nSPS) is 14.3. The highest BCUT2D eigenvalue weighted by Crippen LogP contribution is 2.16. The van der Waals surface area contributed by atoms with Crippen molar-refractivity contribution in [2.75, 3.05) is 21.1 Å². The van der Waals surface area contributed by atoms with E-state index in [-0.39, 0.29) is 11.9 Å². The van der Waals surface area contributed by atoms with Gasteiger partial charge < -0.3 is 10.3 Å². The number of H-pyrrole nitrogens is 1. The summed E-state index contributed by atoms with van der Waals surface area (Å²) in [6.45, 7) is 2.14. The molecule has 0 spiro atoms. The van der Waals surface area contributed by atoms with Crippen molar-refractivity contribution in [2.45, 2.75) is 25.8 Å². The van der Waals surface area contributed by atoms with Gasteiger partial charge >= 0.3 is 0 Å². The van der Waals surface area contributed by atoms with Gasteiger partial charge in [-0.05, 0) is 38.6 Å². The lowest BCUT2D eigenvalue weighted by atomic mass is 9.97. The molecule has 0 saturated carbocycles. The smallest absolute Gasteiger partial charge is 0.237 e. The van der Waals surface area contributed by atoms with Crippen molar-refractivity contribution in [3.8, 4) is 0 Å². The standard InChI is InChI=1S/C15H23N5O/c1-10(8-12(20(3)4)15(21)16-2)9-13-18-11-6-5-7-17-14(11)19-13/h5-7,10,12H,8-9H2,1-4H3,(H,16,21)(H,17,18,19)/t10-,12+/m0/s1. The number of nitrogens with zero attached hydrogens (tertiary/aromatic N) is 3. The van der Waals surface area contributed by atoms with Crippen molar-refractivity contribution >= 4 is 17.1 Å². The van der Waals surface area contributed by atoms with Gasteiger partial charge in [-0.1, -0.05) is 6.92 Å². The molecule has 2 aromatic heterocycles. The summed E-state index contributed by atoms with van der Waals surface area (Å²) in [4.78, 5) is 25.8. The Bertz CT molecular complexity index is 574. The number of nitrogens with one attached hydrogen (secondary N) is 2. The first kappa shape index (κ1) is 15.4. The third-order valence-electron chi connectivity index (χ3n) is 3.65. The van der Waals surface area contributed by atoms with E-state index in [0.29, 0.717) is 5.92 Å². The predicted molar refractivity (Wildman–Crippen MR) is 82.9 cm³/mol. The number of rotatable bonds is 6. The quantitative estimate of drug-likeness (QED) is 0.838. The first-order chi connectivity index (χ1) is 10.0. The van der Waals surface area contributed by atoms with Gasteiger partial charge in [-0.3, -0.25) is 9.69 Å². The number of aromatic nitrogens is 3. The maximum absolute atomic E-state index is 11.9. The van der Waals surface area contributed by atoms with E-state index < -0.39 is 0 Å². The van der Waals surface area contributed by atoms with Gasteiger partial charge in [0.2, 0.25) is 5.91 Å². The molecule has 2 rings (SSSR count). The fourth-order valence-electron chi connectivity index (χ4n) is 2.51. The van der Waals surface area contributed by atoms with Crippen molar-refractivity contribution in [3.63, 3.8) is 0 Å². The van der Waals surface area contributed by atoms with Gasteiger partial charge in [0.05, 0.1) is 11.6 Å². The second-order valence-electron chi connectivity index (χ2n) is 5.70. The molecule has 2 heterocycles. The zero-order valence-corrected chi connectivity index (χ0v) is 13.1. The molecule has 0 saturated heterocycles. The topological polar surface area (TPSA) is 73.9 Å². The maximum atomic E-state index is 11.9. The van der Waals surface area contributed by atoms with Crippen LogP contribution < -0.4 is 5.32 Å². The van der Waals surface area contributed by atoms with Crippen molar-refractivity contribution in [2.24, 2.45) is 5.92 Å². The lowest BCUT2D eigenvalue weighted by Crippen LogP contribution is -2.43. The van der Waals surface area contributed by atoms with Gasteiger partial charge in [-0.2, -0.15) is 0 Å². The van der Waals surface area contributed by atoms with Gasteiger partial charge in [0.25, 0.3) is 0 Å². The highest BCUT2D eigenvalue weighted by atomic mass is 16.2. The Morgan fingerprint density at radius 2 is 2.24 bits per heavy atom. The molecule has 21 heavy (non-hydrogen) atoms. The van der Waals surface area contributed by atoms with Gasteiger partial charge in [-0.25, -0.2) is 9.97 Å². The second kappa shape index (κ2) is 6.67. The van der Waals surface area contributed by atoms with Gasteiger partial charge in [0.1, 0.15) is 5.82 Å². The molecule has 0 radical (unpaired) electrons. The van der Waals surface area contributed by atoms with Crippen LogP contribution in [0.3, 0.4) is 0 Å². The Morgan fingerprint density at radius 1 is 1.48 bits per heavy atom. The summed E-state index contributed by atoms with van der Waals surface area (Å²) in [6, 6.07) is 3.74. The largest absolute Gasteiger partial charge is 0.358 e. The van der Waals surface area contributed by atoms with Crippen LogP contribution >= 0.6 is 0 Å². The summed E-state index contributed by atoms with van der Waals surface area (Å²) >= 11 is 0. The van der Waals surface area contributed by atoms with Gasteiger partial charge in [0, 0.05) is 19.7 Å². The Morgan fingerprint density at radius 3 is 2.86 bits per heavy atom. The van der Waals surface area contributed by atoms with Crippen molar-refractivity contribution in [3.05, 3.63) is 24.2 Å². The Balaban J connectivity index is 2.03. The molecule has 0 aliphatic rings. The molecule has 1 amide bonds. The average molecular weight is 289 g/mol. The molecule has 0 aliphatic heterocycles. The Labute approximate surface area is 125 Å². The van der Waals surface area contributed by atoms with E-state index in [1.807, 2.05) is 31.1 Å². The Kier molecular flexibility index (Phi) is 4.90. The van der Waals surface area contributed by atoms with E-state index in [1.54, 1.807) is 13.2 Å². The lowest BCUT2D eigenvalue weighted by molar-refractivity contribution is -0.125. The van der Waals surface area contributed by atoms with E-state index in [2.05, 4.69) is 27.2 Å². The molecule has 2 aromatic rings. The first-order valence-corrected chi connectivity index (χ1v) is 7.19. The minimum absolute atomic E-state index is 0.0538. The minimum atomic E-state index is -0.118. The molecule has 6 nitrogen and oxygen atoms in total. The zero-order valence-electron chi connectivity index (χ0n) is 13.1. The van der Waals surface area contributed by atoms with Crippen molar-refractivity contribution in [1.29, 1.82) is 0 Å². The van der Waals surface area contributed by atoms with Crippen molar-refractivity contribution in [1.82, 2.24) is 25.2 Å². The number of hydrogen-bond acceptors (Lipinski definition) is 4. The zero-order chi connectivity index (χ0) is 15.4. The number of likely N-dealkylation sites (N-methyl/N-ethyl adjacent to an activating group) is 2. The molecule has 0 fully saturated rings. The van der Waals surface area contributed by atoms with Gasteiger partial charge in [-0.15, -0.1) is 0 Å². The van der Waals surface area contributed by atoms with E-state index in [1.165, 1.54) is 0 Å². The monoisotopic (exact) mass is 289 g/mol. The molecular formula is C15H23N5O. The lowest BCUT2D eigenvalue weighted by Gasteiger charge is -2.25. The van der Waals surface area contributed by atoms with Crippen LogP contribution in [0.4, 0.5) is 0 Å². The van der Waals surface area contributed by atoms with Crippen molar-refractivity contribution < 1.29 is 4.79 Å². The molecule has 0 unspecified atom stereocenters. The third-order valence-corrected chi connectivity index (χ3v) is 3.65. The van der Waals surface area contributed by atoms with E-state index in [4.69, 9.17) is 0 Å². The van der Waals surface area contributed by atoms with E-state index in [9.17, 15) is 4.79 Å². The summed E-state index contributed by atoms with van der Waals surface area (Å²) in [6.07, 6.45) is 3.33. The summed E-state index contributed by atoms with van der Waals surface area (Å²) in [7, 11) is 5.53. The molecule has 6 heteroatoms. The molecular weight excluding hydrogens is 266 g/mol. The Hall–Kier alpha value is -1.95. The second-order valence-corrected chi connectivity index (χ2v) is 5.70. The number of carbonyl (C=O) groups excluding carboxylic acids is 1. The summed E-state index contributed by atoms with van der Waals surface area (Å²) < 4.78 is 0. The minimum Gasteiger partial charge on any atom is -0.358 e. The third kappa shape index (κ3) is 3.78. The number of amides is 1. The number of carbonyl (C=O) groups is 1. The molecule has 0 aromatic carbocycles. The highest BCUT2D eigenvalue weighted by molar-refractivity contribution is 5.81. The van der Waals surface area contributed by atoms with E-state index >= 15 is 0 Å². The van der Waals surface area contributed by atoms with Crippen LogP contribution in [-0.4, -0.2) is 52.9 Å². The van der Waals surface area contributed by atoms with Crippen LogP contribution in [0.2, 0.25) is 0 Å². The maximum Gasteiger partial charge on any atom is 0.237 e. The van der Waals surface area contributed by atoms with Crippen LogP contribution in [-0.2, 0) is 11.2 Å². The van der Waals surface area contributed by atoms with Crippen LogP contribution in [0.25, 0.3) is 11.2 Å². The number of imidazole rings is 1. The fourth-order valence-corrected chi connectivity index (χ4v) is 2.51. The summed E-state index contributed by atoms with van der Waals surface area (Å²) in [5.74, 6) is 1.32. The number of pyridine rings is 1. The number of hydrogen-bond donors (Lipinski definition) is 2. The van der Waals surface area contributed by atoms with E-state index in [0.717, 1.165) is 29.8 Å². The SMILES string of the molecule is CNC(=O)[C@@H](C[C@H](C)Cc1nc2ncccc2[nH]1)N(C)C.